The number of nitrogens with zero attached hydrogens (tertiary/aromatic N) is 1. The number of rotatable bonds is 13. The van der Waals surface area contributed by atoms with Crippen LogP contribution >= 0.6 is 0 Å². The van der Waals surface area contributed by atoms with Crippen LogP contribution in [0.1, 0.15) is 33.3 Å². The second-order valence-electron chi connectivity index (χ2n) is 8.95. The molecule has 1 aliphatic heterocycles. The van der Waals surface area contributed by atoms with Crippen molar-refractivity contribution >= 4 is 35.9 Å². The maximum absolute atomic E-state index is 12.6. The zero-order valence-electron chi connectivity index (χ0n) is 23.1. The normalized spacial score (nSPS) is 21.6. The van der Waals surface area contributed by atoms with Gasteiger partial charge in [0, 0.05) is 34.2 Å². The van der Waals surface area contributed by atoms with Crippen LogP contribution in [0, 0.1) is 0 Å². The van der Waals surface area contributed by atoms with E-state index in [0.29, 0.717) is 5.56 Å². The first-order valence-corrected chi connectivity index (χ1v) is 12.6. The Labute approximate surface area is 235 Å². The Bertz CT molecular complexity index is 1080. The van der Waals surface area contributed by atoms with Crippen LogP contribution in [0.15, 0.2) is 30.3 Å². The van der Waals surface area contributed by atoms with Gasteiger partial charge in [0.2, 0.25) is 5.91 Å². The number of ether oxygens (including phenoxy) is 6. The predicted molar refractivity (Wildman–Crippen MR) is 136 cm³/mol. The average Bonchev–Trinajstić information content (AvgIpc) is 2.88. The summed E-state index contributed by atoms with van der Waals surface area (Å²) in [5, 5.41) is 11.8. The number of hydrogen-bond acceptors (Lipinski definition) is 12. The first-order chi connectivity index (χ1) is 19.4. The minimum Gasteiger partial charge on any atom is -0.480 e. The first kappa shape index (κ1) is 33.0. The summed E-state index contributed by atoms with van der Waals surface area (Å²) < 4.78 is 32.6. The van der Waals surface area contributed by atoms with Gasteiger partial charge in [-0.1, -0.05) is 30.3 Å². The molecule has 2 N–H and O–H groups in total. The van der Waals surface area contributed by atoms with Gasteiger partial charge in [0.1, 0.15) is 31.9 Å². The molecule has 0 aliphatic carbocycles. The van der Waals surface area contributed by atoms with Crippen molar-refractivity contribution in [3.8, 4) is 0 Å². The number of nitrogens with one attached hydrogen (secondary N) is 1. The van der Waals surface area contributed by atoms with E-state index in [0.717, 1.165) is 25.7 Å². The van der Waals surface area contributed by atoms with E-state index in [1.807, 2.05) is 0 Å². The third kappa shape index (κ3) is 11.4. The fourth-order valence-corrected chi connectivity index (χ4v) is 3.92. The fourth-order valence-electron chi connectivity index (χ4n) is 3.92. The molecular formula is C26H34N2O13. The molecule has 1 fully saturated rings. The number of carbonyl (C=O) groups is 6. The monoisotopic (exact) mass is 582 g/mol. The lowest BCUT2D eigenvalue weighted by atomic mass is 9.96. The number of carboxylic acids is 1. The van der Waals surface area contributed by atoms with Crippen molar-refractivity contribution in [2.45, 2.75) is 64.9 Å². The molecule has 226 valence electrons. The lowest BCUT2D eigenvalue weighted by Crippen LogP contribution is -2.66. The number of aliphatic carboxylic acids is 1. The quantitative estimate of drug-likeness (QED) is 0.240. The third-order valence-corrected chi connectivity index (χ3v) is 5.50. The average molecular weight is 583 g/mol. The Balaban J connectivity index is 2.22. The molecule has 1 aromatic rings. The standard InChI is InChI=1S/C26H34N2O13/c1-15(29)27-22-24(40-18(4)32)23(39-17(3)31)20(14-37-16(2)30)41-25(22)36-11-10-28(12-21(33)34)26(35)38-13-19-8-6-5-7-9-19/h5-9,20,22-25H,10-14H2,1-4H3,(H,27,29)(H,33,34)/t20-,22-,23+,24-,25+/m1/s1. The van der Waals surface area contributed by atoms with Crippen LogP contribution in [-0.2, 0) is 59.0 Å². The molecule has 2 rings (SSSR count). The highest BCUT2D eigenvalue weighted by Gasteiger charge is 2.51. The topological polar surface area (TPSA) is 193 Å². The van der Waals surface area contributed by atoms with Crippen LogP contribution < -0.4 is 5.32 Å². The Morgan fingerprint density at radius 3 is 2.10 bits per heavy atom. The predicted octanol–water partition coefficient (Wildman–Crippen LogP) is 0.383. The van der Waals surface area contributed by atoms with Crippen LogP contribution in [0.3, 0.4) is 0 Å². The summed E-state index contributed by atoms with van der Waals surface area (Å²) in [4.78, 5) is 72.1. The number of carboxylic acid groups (broad SMARTS) is 1. The van der Waals surface area contributed by atoms with E-state index < -0.39 is 79.7 Å². The van der Waals surface area contributed by atoms with Gasteiger partial charge in [-0.3, -0.25) is 28.9 Å². The largest absolute Gasteiger partial charge is 0.480 e. The summed E-state index contributed by atoms with van der Waals surface area (Å²) in [5.74, 6) is -4.07. The van der Waals surface area contributed by atoms with Gasteiger partial charge >= 0.3 is 30.0 Å². The highest BCUT2D eigenvalue weighted by Crippen LogP contribution is 2.28. The van der Waals surface area contributed by atoms with Crippen LogP contribution in [0.4, 0.5) is 4.79 Å². The molecule has 0 aromatic heterocycles. The minimum atomic E-state index is -1.37. The zero-order valence-corrected chi connectivity index (χ0v) is 23.1. The Morgan fingerprint density at radius 2 is 1.54 bits per heavy atom. The van der Waals surface area contributed by atoms with Gasteiger partial charge < -0.3 is 38.8 Å². The van der Waals surface area contributed by atoms with Gasteiger partial charge in [-0.05, 0) is 5.56 Å². The molecule has 15 nitrogen and oxygen atoms in total. The summed E-state index contributed by atoms with van der Waals surface area (Å²) in [7, 11) is 0. The molecule has 5 atom stereocenters. The Morgan fingerprint density at radius 1 is 0.902 bits per heavy atom. The number of amides is 2. The number of benzene rings is 1. The van der Waals surface area contributed by atoms with Crippen LogP contribution in [0.2, 0.25) is 0 Å². The van der Waals surface area contributed by atoms with Crippen molar-refractivity contribution in [2.24, 2.45) is 0 Å². The number of hydrogen-bond donors (Lipinski definition) is 2. The fraction of sp³-hybridized carbons (Fsp3) is 0.538. The van der Waals surface area contributed by atoms with Crippen molar-refractivity contribution in [2.75, 3.05) is 26.3 Å². The molecule has 0 spiro atoms. The molecule has 0 unspecified atom stereocenters. The molecule has 15 heteroatoms. The van der Waals surface area contributed by atoms with Crippen molar-refractivity contribution in [1.29, 1.82) is 0 Å². The van der Waals surface area contributed by atoms with E-state index in [1.165, 1.54) is 6.92 Å². The summed E-state index contributed by atoms with van der Waals surface area (Å²) in [6.45, 7) is 2.75. The molecule has 0 radical (unpaired) electrons. The highest BCUT2D eigenvalue weighted by molar-refractivity contribution is 5.76. The zero-order chi connectivity index (χ0) is 30.5. The molecule has 41 heavy (non-hydrogen) atoms. The minimum absolute atomic E-state index is 0.0909. The van der Waals surface area contributed by atoms with Gasteiger partial charge in [0.05, 0.1) is 6.61 Å². The summed E-state index contributed by atoms with van der Waals surface area (Å²) >= 11 is 0. The lowest BCUT2D eigenvalue weighted by molar-refractivity contribution is -0.277. The van der Waals surface area contributed by atoms with Gasteiger partial charge in [0.15, 0.2) is 18.5 Å². The molecule has 1 aromatic carbocycles. The third-order valence-electron chi connectivity index (χ3n) is 5.50. The van der Waals surface area contributed by atoms with Crippen molar-refractivity contribution < 1.29 is 62.3 Å². The smallest absolute Gasteiger partial charge is 0.410 e. The van der Waals surface area contributed by atoms with Gasteiger partial charge in [0.25, 0.3) is 0 Å². The summed E-state index contributed by atoms with van der Waals surface area (Å²) in [6, 6.07) is 7.55. The molecule has 2 amide bonds. The van der Waals surface area contributed by atoms with E-state index >= 15 is 0 Å². The summed E-state index contributed by atoms with van der Waals surface area (Å²) in [6.07, 6.45) is -6.10. The second kappa shape index (κ2) is 16.1. The molecular weight excluding hydrogens is 548 g/mol. The van der Waals surface area contributed by atoms with Crippen LogP contribution in [0.5, 0.6) is 0 Å². The van der Waals surface area contributed by atoms with Crippen LogP contribution in [0.25, 0.3) is 0 Å². The van der Waals surface area contributed by atoms with Crippen molar-refractivity contribution in [1.82, 2.24) is 10.2 Å². The maximum Gasteiger partial charge on any atom is 0.410 e. The molecule has 1 aliphatic rings. The molecule has 0 bridgehead atoms. The number of carbonyl (C=O) groups excluding carboxylic acids is 5. The van der Waals surface area contributed by atoms with E-state index in [4.69, 9.17) is 28.4 Å². The Hall–Kier alpha value is -4.24. The van der Waals surface area contributed by atoms with E-state index in [2.05, 4.69) is 5.32 Å². The van der Waals surface area contributed by atoms with Crippen molar-refractivity contribution in [3.05, 3.63) is 35.9 Å². The highest BCUT2D eigenvalue weighted by atomic mass is 16.7. The van der Waals surface area contributed by atoms with E-state index in [-0.39, 0.29) is 19.8 Å². The van der Waals surface area contributed by atoms with Gasteiger partial charge in [-0.15, -0.1) is 0 Å². The van der Waals surface area contributed by atoms with Crippen molar-refractivity contribution in [3.63, 3.8) is 0 Å². The first-order valence-electron chi connectivity index (χ1n) is 12.6. The number of esters is 3. The lowest BCUT2D eigenvalue weighted by Gasteiger charge is -2.45. The second-order valence-corrected chi connectivity index (χ2v) is 8.95. The van der Waals surface area contributed by atoms with Gasteiger partial charge in [-0.2, -0.15) is 0 Å². The van der Waals surface area contributed by atoms with Crippen LogP contribution in [-0.4, -0.2) is 103 Å². The summed E-state index contributed by atoms with van der Waals surface area (Å²) in [5.41, 5.74) is 0.693. The van der Waals surface area contributed by atoms with E-state index in [1.54, 1.807) is 30.3 Å². The maximum atomic E-state index is 12.6. The van der Waals surface area contributed by atoms with Gasteiger partial charge in [-0.25, -0.2) is 4.79 Å². The van der Waals surface area contributed by atoms with E-state index in [9.17, 15) is 33.9 Å². The molecule has 0 saturated carbocycles. The molecule has 1 heterocycles. The SMILES string of the molecule is CC(=O)N[C@H]1[C@@H](OCCN(CC(=O)O)C(=O)OCc2ccccc2)O[C@H](COC(C)=O)[C@H](OC(C)=O)[C@@H]1OC(C)=O. The Kier molecular flexibility index (Phi) is 13.0. The molecule has 1 saturated heterocycles.